The molecule has 3 N–H and O–H groups in total. The molecular formula is C23H27ClN4O. The van der Waals surface area contributed by atoms with Gasteiger partial charge in [0, 0.05) is 11.0 Å². The first-order chi connectivity index (χ1) is 13.9. The van der Waals surface area contributed by atoms with Crippen molar-refractivity contribution in [3.05, 3.63) is 57.9 Å². The molecule has 2 heterocycles. The Hall–Kier alpha value is -1.95. The Balaban J connectivity index is 1.68. The van der Waals surface area contributed by atoms with Crippen LogP contribution in [0.1, 0.15) is 60.9 Å². The second-order valence-corrected chi connectivity index (χ2v) is 9.35. The summed E-state index contributed by atoms with van der Waals surface area (Å²) in [5.74, 6) is 0.224. The fourth-order valence-electron chi connectivity index (χ4n) is 5.37. The number of hydrogen-bond donors (Lipinski definition) is 2. The molecule has 1 aliphatic heterocycles. The molecule has 2 fully saturated rings. The average Bonchev–Trinajstić information content (AvgIpc) is 3.29. The summed E-state index contributed by atoms with van der Waals surface area (Å²) in [7, 11) is 2.17. The van der Waals surface area contributed by atoms with Gasteiger partial charge < -0.3 is 15.7 Å². The number of rotatable bonds is 2. The van der Waals surface area contributed by atoms with Crippen LogP contribution in [0, 0.1) is 0 Å². The average molecular weight is 411 g/mol. The first-order valence-electron chi connectivity index (χ1n) is 10.5. The zero-order valence-electron chi connectivity index (χ0n) is 16.8. The van der Waals surface area contributed by atoms with Crippen LogP contribution in [0.25, 0.3) is 5.57 Å². The molecule has 5 rings (SSSR count). The molecule has 6 heteroatoms. The van der Waals surface area contributed by atoms with E-state index in [0.717, 1.165) is 68.3 Å². The summed E-state index contributed by atoms with van der Waals surface area (Å²) >= 11 is 6.51. The van der Waals surface area contributed by atoms with Crippen molar-refractivity contribution in [1.82, 2.24) is 14.9 Å². The second kappa shape index (κ2) is 6.79. The van der Waals surface area contributed by atoms with Gasteiger partial charge in [0.25, 0.3) is 0 Å². The van der Waals surface area contributed by atoms with E-state index in [1.54, 1.807) is 6.20 Å². The lowest BCUT2D eigenvalue weighted by Gasteiger charge is -2.38. The van der Waals surface area contributed by atoms with Crippen LogP contribution in [-0.4, -0.2) is 40.1 Å². The van der Waals surface area contributed by atoms with Crippen LogP contribution >= 0.6 is 11.6 Å². The number of likely N-dealkylation sites (tertiary alicyclic amines) is 1. The van der Waals surface area contributed by atoms with E-state index in [4.69, 9.17) is 17.3 Å². The number of aliphatic hydroxyl groups is 1. The summed E-state index contributed by atoms with van der Waals surface area (Å²) in [6.07, 6.45) is 9.82. The van der Waals surface area contributed by atoms with Crippen molar-refractivity contribution in [2.24, 2.45) is 0 Å². The van der Waals surface area contributed by atoms with Gasteiger partial charge in [0.15, 0.2) is 0 Å². The monoisotopic (exact) mass is 410 g/mol. The van der Waals surface area contributed by atoms with Crippen LogP contribution in [0.5, 0.6) is 0 Å². The number of nitrogens with two attached hydrogens (primary N) is 1. The van der Waals surface area contributed by atoms with Gasteiger partial charge in [0.05, 0.1) is 22.5 Å². The van der Waals surface area contributed by atoms with Crippen molar-refractivity contribution in [1.29, 1.82) is 0 Å². The number of fused-ring (bicyclic) bond motifs is 2. The van der Waals surface area contributed by atoms with Crippen LogP contribution in [0.4, 0.5) is 5.95 Å². The molecule has 1 aromatic heterocycles. The predicted molar refractivity (Wildman–Crippen MR) is 116 cm³/mol. The van der Waals surface area contributed by atoms with Crippen molar-refractivity contribution < 1.29 is 5.11 Å². The summed E-state index contributed by atoms with van der Waals surface area (Å²) in [6, 6.07) is 6.54. The molecule has 29 heavy (non-hydrogen) atoms. The molecule has 0 unspecified atom stereocenters. The van der Waals surface area contributed by atoms with Gasteiger partial charge in [-0.05, 0) is 68.6 Å². The molecule has 5 nitrogen and oxygen atoms in total. The molecule has 1 aromatic carbocycles. The molecule has 3 aliphatic rings. The van der Waals surface area contributed by atoms with Crippen molar-refractivity contribution in [2.75, 3.05) is 25.9 Å². The topological polar surface area (TPSA) is 75.3 Å². The van der Waals surface area contributed by atoms with E-state index in [1.807, 2.05) is 0 Å². The Bertz CT molecular complexity index is 988. The molecule has 1 spiro atoms. The number of hydrogen-bond acceptors (Lipinski definition) is 5. The third-order valence-electron chi connectivity index (χ3n) is 7.13. The minimum Gasteiger partial charge on any atom is -0.385 e. The Morgan fingerprint density at radius 2 is 1.86 bits per heavy atom. The van der Waals surface area contributed by atoms with Gasteiger partial charge in [-0.1, -0.05) is 42.7 Å². The molecule has 0 bridgehead atoms. The molecule has 2 aromatic rings. The Morgan fingerprint density at radius 1 is 1.14 bits per heavy atom. The highest BCUT2D eigenvalue weighted by atomic mass is 35.5. The Kier molecular flexibility index (Phi) is 4.46. The Labute approximate surface area is 176 Å². The first kappa shape index (κ1) is 19.0. The maximum absolute atomic E-state index is 11.2. The van der Waals surface area contributed by atoms with Gasteiger partial charge in [-0.3, -0.25) is 0 Å². The number of benzene rings is 1. The summed E-state index contributed by atoms with van der Waals surface area (Å²) < 4.78 is 0. The largest absolute Gasteiger partial charge is 0.385 e. The van der Waals surface area contributed by atoms with E-state index in [-0.39, 0.29) is 11.4 Å². The number of anilines is 1. The summed E-state index contributed by atoms with van der Waals surface area (Å²) in [6.45, 7) is 2.10. The van der Waals surface area contributed by atoms with Gasteiger partial charge in [0.2, 0.25) is 5.95 Å². The highest BCUT2D eigenvalue weighted by molar-refractivity contribution is 6.32. The molecular weight excluding hydrogens is 384 g/mol. The van der Waals surface area contributed by atoms with Gasteiger partial charge in [-0.2, -0.15) is 0 Å². The number of piperidine rings is 1. The number of halogens is 1. The molecule has 2 aliphatic carbocycles. The highest BCUT2D eigenvalue weighted by Crippen LogP contribution is 2.51. The Morgan fingerprint density at radius 3 is 2.59 bits per heavy atom. The fraction of sp³-hybridized carbons (Fsp3) is 0.478. The first-order valence-corrected chi connectivity index (χ1v) is 10.9. The molecule has 1 saturated heterocycles. The zero-order valence-corrected chi connectivity index (χ0v) is 17.5. The zero-order chi connectivity index (χ0) is 20.2. The van der Waals surface area contributed by atoms with Crippen molar-refractivity contribution in [2.45, 2.75) is 49.5 Å². The molecule has 152 valence electrons. The minimum absolute atomic E-state index is 0.0168. The molecule has 0 atom stereocenters. The third kappa shape index (κ3) is 3.07. The number of nitrogens with zero attached hydrogens (tertiary/aromatic N) is 3. The van der Waals surface area contributed by atoms with Crippen LogP contribution in [0.3, 0.4) is 0 Å². The van der Waals surface area contributed by atoms with Crippen LogP contribution in [-0.2, 0) is 11.0 Å². The van der Waals surface area contributed by atoms with Crippen molar-refractivity contribution >= 4 is 23.1 Å². The van der Waals surface area contributed by atoms with Gasteiger partial charge in [-0.25, -0.2) is 9.97 Å². The molecule has 0 radical (unpaired) electrons. The maximum Gasteiger partial charge on any atom is 0.220 e. The predicted octanol–water partition coefficient (Wildman–Crippen LogP) is 3.88. The SMILES string of the molecule is CN1CCC2(C=C(c3nc(N)ncc3Cl)c3cc(C4(O)CCCC4)ccc32)CC1. The van der Waals surface area contributed by atoms with E-state index < -0.39 is 5.60 Å². The van der Waals surface area contributed by atoms with E-state index >= 15 is 0 Å². The quantitative estimate of drug-likeness (QED) is 0.785. The third-order valence-corrected chi connectivity index (χ3v) is 7.41. The number of allylic oxidation sites excluding steroid dienone is 1. The van der Waals surface area contributed by atoms with Crippen LogP contribution in [0.2, 0.25) is 5.02 Å². The standard InChI is InChI=1S/C23H27ClN4O/c1-28-10-8-22(9-11-28)13-17(20-19(24)14-26-21(25)27-20)16-12-15(4-5-18(16)22)23(29)6-2-3-7-23/h4-5,12-14,29H,2-3,6-11H2,1H3,(H2,25,26,27). The fourth-order valence-corrected chi connectivity index (χ4v) is 5.56. The van der Waals surface area contributed by atoms with Crippen molar-refractivity contribution in [3.8, 4) is 0 Å². The lowest BCUT2D eigenvalue weighted by Crippen LogP contribution is -2.38. The summed E-state index contributed by atoms with van der Waals surface area (Å²) in [5, 5.41) is 11.7. The maximum atomic E-state index is 11.2. The van der Waals surface area contributed by atoms with Crippen LogP contribution in [0.15, 0.2) is 30.5 Å². The number of nitrogen functional groups attached to an aromatic ring is 1. The van der Waals surface area contributed by atoms with Gasteiger partial charge in [-0.15, -0.1) is 0 Å². The van der Waals surface area contributed by atoms with E-state index in [9.17, 15) is 5.11 Å². The van der Waals surface area contributed by atoms with Crippen molar-refractivity contribution in [3.63, 3.8) is 0 Å². The summed E-state index contributed by atoms with van der Waals surface area (Å²) in [5.41, 5.74) is 10.3. The summed E-state index contributed by atoms with van der Waals surface area (Å²) in [4.78, 5) is 10.9. The molecule has 1 saturated carbocycles. The van der Waals surface area contributed by atoms with E-state index in [0.29, 0.717) is 10.7 Å². The minimum atomic E-state index is -0.725. The second-order valence-electron chi connectivity index (χ2n) is 8.94. The lowest BCUT2D eigenvalue weighted by atomic mass is 9.74. The number of aromatic nitrogens is 2. The smallest absolute Gasteiger partial charge is 0.220 e. The normalized spacial score (nSPS) is 22.7. The van der Waals surface area contributed by atoms with Gasteiger partial charge in [0.1, 0.15) is 0 Å². The highest BCUT2D eigenvalue weighted by Gasteiger charge is 2.42. The van der Waals surface area contributed by atoms with E-state index in [2.05, 4.69) is 46.2 Å². The molecule has 0 amide bonds. The lowest BCUT2D eigenvalue weighted by molar-refractivity contribution is 0.0444. The van der Waals surface area contributed by atoms with Crippen LogP contribution < -0.4 is 5.73 Å². The van der Waals surface area contributed by atoms with E-state index in [1.165, 1.54) is 5.56 Å². The van der Waals surface area contributed by atoms with Gasteiger partial charge >= 0.3 is 0 Å².